The molecule has 0 aromatic carbocycles. The van der Waals surface area contributed by atoms with E-state index in [-0.39, 0.29) is 0 Å². The SMILES string of the molecule is COC1CCN(c2n[nH]c(=S)n2C2CC2)CC1. The zero-order chi connectivity index (χ0) is 11.8. The van der Waals surface area contributed by atoms with Crippen molar-refractivity contribution in [3.8, 4) is 0 Å². The number of hydrogen-bond donors (Lipinski definition) is 1. The van der Waals surface area contributed by atoms with E-state index in [1.807, 2.05) is 0 Å². The molecule has 94 valence electrons. The number of hydrogen-bond acceptors (Lipinski definition) is 4. The molecule has 0 spiro atoms. The molecule has 1 saturated carbocycles. The van der Waals surface area contributed by atoms with Crippen LogP contribution in [0.5, 0.6) is 0 Å². The first-order valence-corrected chi connectivity index (χ1v) is 6.65. The van der Waals surface area contributed by atoms with Crippen molar-refractivity contribution in [3.63, 3.8) is 0 Å². The van der Waals surface area contributed by atoms with Crippen molar-refractivity contribution in [3.05, 3.63) is 4.77 Å². The summed E-state index contributed by atoms with van der Waals surface area (Å²) in [5, 5.41) is 7.31. The van der Waals surface area contributed by atoms with E-state index >= 15 is 0 Å². The molecule has 2 heterocycles. The number of anilines is 1. The lowest BCUT2D eigenvalue weighted by Gasteiger charge is -2.31. The molecule has 5 nitrogen and oxygen atoms in total. The molecule has 1 saturated heterocycles. The minimum Gasteiger partial charge on any atom is -0.381 e. The predicted molar refractivity (Wildman–Crippen MR) is 67.9 cm³/mol. The van der Waals surface area contributed by atoms with Gasteiger partial charge in [-0.3, -0.25) is 4.57 Å². The fourth-order valence-corrected chi connectivity index (χ4v) is 2.75. The Bertz CT molecular complexity index is 443. The summed E-state index contributed by atoms with van der Waals surface area (Å²) in [5.74, 6) is 1.02. The van der Waals surface area contributed by atoms with Crippen molar-refractivity contribution in [2.24, 2.45) is 0 Å². The van der Waals surface area contributed by atoms with Gasteiger partial charge in [-0.2, -0.15) is 0 Å². The number of H-pyrrole nitrogens is 1. The molecular weight excluding hydrogens is 236 g/mol. The molecule has 0 bridgehead atoms. The third-order valence-electron chi connectivity index (χ3n) is 3.66. The number of nitrogens with zero attached hydrogens (tertiary/aromatic N) is 3. The van der Waals surface area contributed by atoms with Crippen molar-refractivity contribution >= 4 is 18.2 Å². The first-order valence-electron chi connectivity index (χ1n) is 6.24. The molecule has 0 unspecified atom stereocenters. The third-order valence-corrected chi connectivity index (χ3v) is 3.94. The van der Waals surface area contributed by atoms with Gasteiger partial charge in [0, 0.05) is 26.2 Å². The van der Waals surface area contributed by atoms with E-state index in [9.17, 15) is 0 Å². The van der Waals surface area contributed by atoms with Crippen molar-refractivity contribution < 1.29 is 4.74 Å². The van der Waals surface area contributed by atoms with Crippen LogP contribution in [0.1, 0.15) is 31.7 Å². The maximum Gasteiger partial charge on any atom is 0.225 e. The van der Waals surface area contributed by atoms with Gasteiger partial charge in [-0.25, -0.2) is 5.10 Å². The number of piperidine rings is 1. The van der Waals surface area contributed by atoms with Gasteiger partial charge in [0.2, 0.25) is 5.95 Å². The van der Waals surface area contributed by atoms with E-state index in [1.54, 1.807) is 7.11 Å². The number of methoxy groups -OCH3 is 1. The van der Waals surface area contributed by atoms with Gasteiger partial charge in [0.25, 0.3) is 0 Å². The smallest absolute Gasteiger partial charge is 0.225 e. The molecule has 1 aromatic heterocycles. The monoisotopic (exact) mass is 254 g/mol. The van der Waals surface area contributed by atoms with Gasteiger partial charge in [0.1, 0.15) is 0 Å². The molecule has 3 rings (SSSR count). The second-order valence-electron chi connectivity index (χ2n) is 4.85. The Kier molecular flexibility index (Phi) is 2.92. The van der Waals surface area contributed by atoms with Gasteiger partial charge >= 0.3 is 0 Å². The highest BCUT2D eigenvalue weighted by atomic mass is 32.1. The van der Waals surface area contributed by atoms with Crippen LogP contribution >= 0.6 is 12.2 Å². The van der Waals surface area contributed by atoms with Crippen LogP contribution in [0.25, 0.3) is 0 Å². The lowest BCUT2D eigenvalue weighted by molar-refractivity contribution is 0.0815. The van der Waals surface area contributed by atoms with Crippen molar-refractivity contribution in [2.75, 3.05) is 25.1 Å². The minimum atomic E-state index is 0.405. The molecule has 2 fully saturated rings. The zero-order valence-corrected chi connectivity index (χ0v) is 10.9. The molecule has 2 aliphatic rings. The van der Waals surface area contributed by atoms with Crippen LogP contribution in [-0.4, -0.2) is 41.1 Å². The summed E-state index contributed by atoms with van der Waals surface area (Å²) in [4.78, 5) is 2.32. The molecule has 1 aliphatic carbocycles. The van der Waals surface area contributed by atoms with Crippen LogP contribution in [0.3, 0.4) is 0 Å². The maximum absolute atomic E-state index is 5.39. The second-order valence-corrected chi connectivity index (χ2v) is 5.24. The first-order chi connectivity index (χ1) is 8.29. The molecular formula is C11H18N4OS. The third kappa shape index (κ3) is 2.11. The summed E-state index contributed by atoms with van der Waals surface area (Å²) in [5.41, 5.74) is 0. The highest BCUT2D eigenvalue weighted by Gasteiger charge is 2.30. The molecule has 0 amide bonds. The highest BCUT2D eigenvalue weighted by Crippen LogP contribution is 2.38. The van der Waals surface area contributed by atoms with Gasteiger partial charge in [0.15, 0.2) is 4.77 Å². The summed E-state index contributed by atoms with van der Waals surface area (Å²) in [7, 11) is 1.79. The van der Waals surface area contributed by atoms with E-state index in [4.69, 9.17) is 17.0 Å². The summed E-state index contributed by atoms with van der Waals surface area (Å²) >= 11 is 5.30. The van der Waals surface area contributed by atoms with Gasteiger partial charge in [-0.05, 0) is 37.9 Å². The average molecular weight is 254 g/mol. The van der Waals surface area contributed by atoms with Crippen molar-refractivity contribution in [1.82, 2.24) is 14.8 Å². The van der Waals surface area contributed by atoms with Gasteiger partial charge in [0.05, 0.1) is 6.10 Å². The number of rotatable bonds is 3. The Morgan fingerprint density at radius 1 is 1.29 bits per heavy atom. The Hall–Kier alpha value is -0.880. The molecule has 1 N–H and O–H groups in total. The van der Waals surface area contributed by atoms with Crippen LogP contribution in [-0.2, 0) is 4.74 Å². The van der Waals surface area contributed by atoms with E-state index < -0.39 is 0 Å². The van der Waals surface area contributed by atoms with Gasteiger partial charge in [-0.1, -0.05) is 0 Å². The minimum absolute atomic E-state index is 0.405. The first kappa shape index (κ1) is 11.2. The fourth-order valence-electron chi connectivity index (χ4n) is 2.47. The molecule has 0 radical (unpaired) electrons. The van der Waals surface area contributed by atoms with Crippen LogP contribution in [0.15, 0.2) is 0 Å². The standard InChI is InChI=1S/C11H18N4OS/c1-16-9-4-6-14(7-5-9)10-12-13-11(17)15(10)8-2-3-8/h8-9H,2-7H2,1H3,(H,13,17). The lowest BCUT2D eigenvalue weighted by atomic mass is 10.1. The summed E-state index contributed by atoms with van der Waals surface area (Å²) in [6, 6.07) is 0.580. The molecule has 1 aliphatic heterocycles. The molecule has 6 heteroatoms. The van der Waals surface area contributed by atoms with Gasteiger partial charge < -0.3 is 9.64 Å². The molecule has 1 aromatic rings. The number of aromatic nitrogens is 3. The lowest BCUT2D eigenvalue weighted by Crippen LogP contribution is -2.38. The van der Waals surface area contributed by atoms with Crippen LogP contribution in [0.4, 0.5) is 5.95 Å². The maximum atomic E-state index is 5.39. The highest BCUT2D eigenvalue weighted by molar-refractivity contribution is 7.71. The molecule has 0 atom stereocenters. The van der Waals surface area contributed by atoms with Crippen molar-refractivity contribution in [1.29, 1.82) is 0 Å². The van der Waals surface area contributed by atoms with Crippen molar-refractivity contribution in [2.45, 2.75) is 37.8 Å². The Morgan fingerprint density at radius 3 is 2.59 bits per heavy atom. The Morgan fingerprint density at radius 2 is 2.00 bits per heavy atom. The summed E-state index contributed by atoms with van der Waals surface area (Å²) < 4.78 is 8.33. The van der Waals surface area contributed by atoms with Crippen LogP contribution in [0.2, 0.25) is 0 Å². The van der Waals surface area contributed by atoms with E-state index in [0.717, 1.165) is 36.7 Å². The average Bonchev–Trinajstić information content (AvgIpc) is 3.13. The summed E-state index contributed by atoms with van der Waals surface area (Å²) in [6.07, 6.45) is 5.01. The number of ether oxygens (including phenoxy) is 1. The van der Waals surface area contributed by atoms with E-state index in [0.29, 0.717) is 12.1 Å². The fraction of sp³-hybridized carbons (Fsp3) is 0.818. The van der Waals surface area contributed by atoms with Crippen LogP contribution < -0.4 is 4.90 Å². The Labute approximate surface area is 106 Å². The number of aromatic amines is 1. The number of nitrogens with one attached hydrogen (secondary N) is 1. The Balaban J connectivity index is 1.78. The molecule has 17 heavy (non-hydrogen) atoms. The normalized spacial score (nSPS) is 22.1. The van der Waals surface area contributed by atoms with E-state index in [2.05, 4.69) is 19.7 Å². The zero-order valence-electron chi connectivity index (χ0n) is 10.1. The largest absolute Gasteiger partial charge is 0.381 e. The quantitative estimate of drug-likeness (QED) is 0.837. The van der Waals surface area contributed by atoms with Gasteiger partial charge in [-0.15, -0.1) is 5.10 Å². The second kappa shape index (κ2) is 4.42. The predicted octanol–water partition coefficient (Wildman–Crippen LogP) is 1.89. The topological polar surface area (TPSA) is 46.1 Å². The summed E-state index contributed by atoms with van der Waals surface area (Å²) in [6.45, 7) is 2.01. The van der Waals surface area contributed by atoms with Crippen LogP contribution in [0, 0.1) is 4.77 Å². The van der Waals surface area contributed by atoms with E-state index in [1.165, 1.54) is 12.8 Å².